The van der Waals surface area contributed by atoms with E-state index in [1.807, 2.05) is 0 Å². The summed E-state index contributed by atoms with van der Waals surface area (Å²) in [5.74, 6) is 0.298. The van der Waals surface area contributed by atoms with Gasteiger partial charge in [-0.15, -0.1) is 11.3 Å². The standard InChI is InChI=1S/C17H16O2S/c1-11-6-14-10-19-16(18)17(14,8-11)9-12-2-3-15-13(7-12)4-5-20-15/h2-5,7,14H,1,6,8-10H2. The molecule has 1 aromatic carbocycles. The van der Waals surface area contributed by atoms with Crippen molar-refractivity contribution in [2.45, 2.75) is 19.3 Å². The molecule has 1 aliphatic carbocycles. The molecule has 2 heterocycles. The average Bonchev–Trinajstić information content (AvgIpc) is 3.06. The second kappa shape index (κ2) is 4.19. The van der Waals surface area contributed by atoms with Crippen molar-refractivity contribution in [2.75, 3.05) is 6.61 Å². The number of benzene rings is 1. The number of hydrogen-bond donors (Lipinski definition) is 0. The van der Waals surface area contributed by atoms with E-state index in [1.54, 1.807) is 11.3 Å². The number of thiophene rings is 1. The summed E-state index contributed by atoms with van der Waals surface area (Å²) in [6.07, 6.45) is 2.51. The molecule has 102 valence electrons. The van der Waals surface area contributed by atoms with Crippen LogP contribution in [0.4, 0.5) is 0 Å². The molecule has 1 saturated heterocycles. The molecule has 0 bridgehead atoms. The van der Waals surface area contributed by atoms with E-state index >= 15 is 0 Å². The minimum atomic E-state index is -0.346. The lowest BCUT2D eigenvalue weighted by Gasteiger charge is -2.24. The van der Waals surface area contributed by atoms with E-state index in [2.05, 4.69) is 36.2 Å². The highest BCUT2D eigenvalue weighted by Gasteiger charge is 2.55. The molecule has 0 N–H and O–H groups in total. The van der Waals surface area contributed by atoms with Crippen molar-refractivity contribution >= 4 is 27.4 Å². The minimum Gasteiger partial charge on any atom is -0.465 e. The van der Waals surface area contributed by atoms with Gasteiger partial charge in [0.25, 0.3) is 0 Å². The Morgan fingerprint density at radius 3 is 3.20 bits per heavy atom. The normalized spacial score (nSPS) is 28.9. The molecule has 2 aromatic rings. The second-order valence-corrected chi connectivity index (χ2v) is 7.00. The maximum Gasteiger partial charge on any atom is 0.313 e. The molecule has 1 aromatic heterocycles. The molecule has 0 radical (unpaired) electrons. The molecule has 2 unspecified atom stereocenters. The van der Waals surface area contributed by atoms with Crippen LogP contribution in [0.2, 0.25) is 0 Å². The lowest BCUT2D eigenvalue weighted by atomic mass is 9.75. The van der Waals surface area contributed by atoms with Gasteiger partial charge in [-0.1, -0.05) is 24.3 Å². The van der Waals surface area contributed by atoms with Crippen molar-refractivity contribution in [3.63, 3.8) is 0 Å². The van der Waals surface area contributed by atoms with Crippen LogP contribution in [0.3, 0.4) is 0 Å². The SMILES string of the molecule is C=C1CC2COC(=O)C2(Cc2ccc3sccc3c2)C1. The topological polar surface area (TPSA) is 26.3 Å². The largest absolute Gasteiger partial charge is 0.465 e. The van der Waals surface area contributed by atoms with Crippen LogP contribution in [0.1, 0.15) is 18.4 Å². The van der Waals surface area contributed by atoms with E-state index in [0.717, 1.165) is 19.3 Å². The fraction of sp³-hybridized carbons (Fsp3) is 0.353. The molecule has 20 heavy (non-hydrogen) atoms. The number of fused-ring (bicyclic) bond motifs is 2. The average molecular weight is 284 g/mol. The summed E-state index contributed by atoms with van der Waals surface area (Å²) < 4.78 is 6.64. The smallest absolute Gasteiger partial charge is 0.313 e. The van der Waals surface area contributed by atoms with E-state index in [4.69, 9.17) is 4.74 Å². The van der Waals surface area contributed by atoms with Gasteiger partial charge in [0.15, 0.2) is 0 Å². The summed E-state index contributed by atoms with van der Waals surface area (Å²) in [6.45, 7) is 4.66. The molecule has 2 atom stereocenters. The van der Waals surface area contributed by atoms with Crippen molar-refractivity contribution in [1.82, 2.24) is 0 Å². The van der Waals surface area contributed by atoms with Gasteiger partial charge in [-0.3, -0.25) is 4.79 Å². The Bertz CT molecular complexity index is 715. The maximum absolute atomic E-state index is 12.3. The van der Waals surface area contributed by atoms with Gasteiger partial charge in [-0.25, -0.2) is 0 Å². The second-order valence-electron chi connectivity index (χ2n) is 6.05. The van der Waals surface area contributed by atoms with E-state index in [1.165, 1.54) is 21.2 Å². The monoisotopic (exact) mass is 284 g/mol. The van der Waals surface area contributed by atoms with E-state index in [0.29, 0.717) is 12.5 Å². The number of ether oxygens (including phenoxy) is 1. The lowest BCUT2D eigenvalue weighted by Crippen LogP contribution is -2.31. The van der Waals surface area contributed by atoms with Crippen molar-refractivity contribution in [1.29, 1.82) is 0 Å². The van der Waals surface area contributed by atoms with Crippen LogP contribution in [0.15, 0.2) is 41.8 Å². The highest BCUT2D eigenvalue weighted by Crippen LogP contribution is 2.52. The van der Waals surface area contributed by atoms with Crippen molar-refractivity contribution in [2.24, 2.45) is 11.3 Å². The predicted molar refractivity (Wildman–Crippen MR) is 80.8 cm³/mol. The van der Waals surface area contributed by atoms with Crippen LogP contribution >= 0.6 is 11.3 Å². The molecule has 3 heteroatoms. The fourth-order valence-electron chi connectivity index (χ4n) is 3.75. The van der Waals surface area contributed by atoms with Crippen molar-refractivity contribution in [3.8, 4) is 0 Å². The molecular weight excluding hydrogens is 268 g/mol. The summed E-state index contributed by atoms with van der Waals surface area (Å²) in [7, 11) is 0. The zero-order valence-corrected chi connectivity index (χ0v) is 12.0. The van der Waals surface area contributed by atoms with Crippen LogP contribution in [-0.2, 0) is 16.0 Å². The first-order valence-corrected chi connectivity index (χ1v) is 7.85. The molecule has 4 rings (SSSR count). The minimum absolute atomic E-state index is 0.0217. The Balaban J connectivity index is 1.72. The Hall–Kier alpha value is -1.61. The highest BCUT2D eigenvalue weighted by molar-refractivity contribution is 7.17. The van der Waals surface area contributed by atoms with E-state index in [9.17, 15) is 4.79 Å². The number of allylic oxidation sites excluding steroid dienone is 1. The lowest BCUT2D eigenvalue weighted by molar-refractivity contribution is -0.146. The molecule has 0 spiro atoms. The summed E-state index contributed by atoms with van der Waals surface area (Å²) in [5.41, 5.74) is 2.08. The van der Waals surface area contributed by atoms with Crippen LogP contribution in [0, 0.1) is 11.3 Å². The quantitative estimate of drug-likeness (QED) is 0.616. The first-order chi connectivity index (χ1) is 9.67. The third-order valence-corrected chi connectivity index (χ3v) is 5.64. The molecular formula is C17H16O2S. The number of carbonyl (C=O) groups excluding carboxylic acids is 1. The molecule has 2 fully saturated rings. The van der Waals surface area contributed by atoms with Gasteiger partial charge in [-0.2, -0.15) is 0 Å². The van der Waals surface area contributed by atoms with Gasteiger partial charge in [0, 0.05) is 10.6 Å². The highest BCUT2D eigenvalue weighted by atomic mass is 32.1. The Labute approximate surface area is 122 Å². The number of hydrogen-bond acceptors (Lipinski definition) is 3. The molecule has 0 amide bonds. The Morgan fingerprint density at radius 2 is 2.30 bits per heavy atom. The first kappa shape index (κ1) is 12.2. The van der Waals surface area contributed by atoms with Crippen molar-refractivity contribution in [3.05, 3.63) is 47.4 Å². The van der Waals surface area contributed by atoms with E-state index < -0.39 is 0 Å². The zero-order valence-electron chi connectivity index (χ0n) is 11.2. The maximum atomic E-state index is 12.3. The number of carbonyl (C=O) groups is 1. The molecule has 1 saturated carbocycles. The van der Waals surface area contributed by atoms with Crippen LogP contribution in [-0.4, -0.2) is 12.6 Å². The summed E-state index contributed by atoms with van der Waals surface area (Å²) in [5, 5.41) is 3.38. The first-order valence-electron chi connectivity index (χ1n) is 6.97. The van der Waals surface area contributed by atoms with Gasteiger partial charge in [0.05, 0.1) is 12.0 Å². The Kier molecular flexibility index (Phi) is 2.55. The number of cyclic esters (lactones) is 1. The predicted octanol–water partition coefficient (Wildman–Crippen LogP) is 3.95. The molecule has 2 aliphatic rings. The third-order valence-electron chi connectivity index (χ3n) is 4.74. The van der Waals surface area contributed by atoms with Gasteiger partial charge < -0.3 is 4.74 Å². The fourth-order valence-corrected chi connectivity index (χ4v) is 4.52. The molecule has 1 aliphatic heterocycles. The number of esters is 1. The Morgan fingerprint density at radius 1 is 1.40 bits per heavy atom. The van der Waals surface area contributed by atoms with Crippen LogP contribution in [0.25, 0.3) is 10.1 Å². The van der Waals surface area contributed by atoms with Crippen molar-refractivity contribution < 1.29 is 9.53 Å². The summed E-state index contributed by atoms with van der Waals surface area (Å²) in [4.78, 5) is 12.3. The van der Waals surface area contributed by atoms with Crippen LogP contribution < -0.4 is 0 Å². The van der Waals surface area contributed by atoms with Gasteiger partial charge >= 0.3 is 5.97 Å². The van der Waals surface area contributed by atoms with Gasteiger partial charge in [0.2, 0.25) is 0 Å². The number of rotatable bonds is 2. The third kappa shape index (κ3) is 1.66. The van der Waals surface area contributed by atoms with E-state index in [-0.39, 0.29) is 11.4 Å². The zero-order chi connectivity index (χ0) is 13.7. The summed E-state index contributed by atoms with van der Waals surface area (Å²) in [6, 6.07) is 8.66. The van der Waals surface area contributed by atoms with Gasteiger partial charge in [0.1, 0.15) is 0 Å². The van der Waals surface area contributed by atoms with Gasteiger partial charge in [-0.05, 0) is 47.7 Å². The molecule has 2 nitrogen and oxygen atoms in total. The summed E-state index contributed by atoms with van der Waals surface area (Å²) >= 11 is 1.75. The van der Waals surface area contributed by atoms with Crippen LogP contribution in [0.5, 0.6) is 0 Å².